The Kier molecular flexibility index (Phi) is 24.7. The van der Waals surface area contributed by atoms with E-state index < -0.39 is 29.4 Å². The molecule has 0 spiro atoms. The molecule has 0 saturated heterocycles. The number of carbonyl (C=O) groups excluding carboxylic acids is 2. The summed E-state index contributed by atoms with van der Waals surface area (Å²) < 4.78 is 11.6. The Labute approximate surface area is 254 Å². The third-order valence-corrected chi connectivity index (χ3v) is 8.57. The molecule has 0 aromatic heterocycles. The normalized spacial score (nSPS) is 14.0. The van der Waals surface area contributed by atoms with Gasteiger partial charge in [0, 0.05) is 19.3 Å². The monoisotopic (exact) mass is 584 g/mol. The van der Waals surface area contributed by atoms with Gasteiger partial charge in [0.05, 0.1) is 5.92 Å². The fourth-order valence-electron chi connectivity index (χ4n) is 5.45. The molecule has 0 aliphatic rings. The van der Waals surface area contributed by atoms with Crippen molar-refractivity contribution in [1.82, 2.24) is 0 Å². The molecule has 0 aliphatic heterocycles. The van der Waals surface area contributed by atoms with Crippen LogP contribution in [0.25, 0.3) is 0 Å². The first kappa shape index (κ1) is 39.9. The summed E-state index contributed by atoms with van der Waals surface area (Å²) >= 11 is 0. The van der Waals surface area contributed by atoms with E-state index in [1.807, 2.05) is 0 Å². The van der Waals surface area contributed by atoms with E-state index in [0.29, 0.717) is 0 Å². The molecule has 0 radical (unpaired) electrons. The zero-order chi connectivity index (χ0) is 30.8. The van der Waals surface area contributed by atoms with E-state index in [9.17, 15) is 14.7 Å². The summed E-state index contributed by atoms with van der Waals surface area (Å²) in [6.07, 6.45) is 27.3. The van der Waals surface area contributed by atoms with Crippen molar-refractivity contribution in [3.8, 4) is 0 Å². The average molecular weight is 584 g/mol. The maximum absolute atomic E-state index is 12.8. The Bertz CT molecular complexity index is 591. The first-order chi connectivity index (χ1) is 19.6. The topological polar surface area (TPSA) is 98.9 Å². The summed E-state index contributed by atoms with van der Waals surface area (Å²) in [7, 11) is 0. The molecule has 6 nitrogen and oxygen atoms in total. The molecule has 0 saturated carbocycles. The fourth-order valence-corrected chi connectivity index (χ4v) is 5.45. The van der Waals surface area contributed by atoms with Crippen LogP contribution in [-0.2, 0) is 19.1 Å². The highest BCUT2D eigenvalue weighted by Gasteiger charge is 2.49. The summed E-state index contributed by atoms with van der Waals surface area (Å²) in [5.41, 5.74) is 4.33. The third kappa shape index (κ3) is 21.2. The van der Waals surface area contributed by atoms with Gasteiger partial charge in [-0.25, -0.2) is 0 Å². The van der Waals surface area contributed by atoms with Gasteiger partial charge in [0.15, 0.2) is 0 Å². The van der Waals surface area contributed by atoms with E-state index in [1.54, 1.807) is 13.8 Å². The number of unbranched alkanes of at least 4 members (excludes halogenated alkanes) is 20. The second-order valence-corrected chi connectivity index (χ2v) is 12.6. The second kappa shape index (κ2) is 25.4. The van der Waals surface area contributed by atoms with Gasteiger partial charge in [-0.15, -0.1) is 0 Å². The average Bonchev–Trinajstić information content (AvgIpc) is 2.93. The van der Waals surface area contributed by atoms with E-state index in [4.69, 9.17) is 15.2 Å². The Morgan fingerprint density at radius 2 is 0.854 bits per heavy atom. The first-order valence-electron chi connectivity index (χ1n) is 17.6. The smallest absolute Gasteiger partial charge is 0.309 e. The predicted octanol–water partition coefficient (Wildman–Crippen LogP) is 9.88. The van der Waals surface area contributed by atoms with Crippen molar-refractivity contribution < 1.29 is 24.2 Å². The number of hydrogen-bond acceptors (Lipinski definition) is 6. The summed E-state index contributed by atoms with van der Waals surface area (Å²) in [6.45, 7) is 9.42. The first-order valence-corrected chi connectivity index (χ1v) is 17.6. The molecular weight excluding hydrogens is 514 g/mol. The van der Waals surface area contributed by atoms with Crippen LogP contribution in [0.5, 0.6) is 0 Å². The van der Waals surface area contributed by atoms with Crippen molar-refractivity contribution >= 4 is 11.9 Å². The van der Waals surface area contributed by atoms with Gasteiger partial charge in [0.25, 0.3) is 5.79 Å². The van der Waals surface area contributed by atoms with Gasteiger partial charge < -0.3 is 20.3 Å². The molecule has 0 aromatic carbocycles. The van der Waals surface area contributed by atoms with Crippen LogP contribution in [0.3, 0.4) is 0 Å². The Morgan fingerprint density at radius 1 is 0.585 bits per heavy atom. The van der Waals surface area contributed by atoms with Crippen LogP contribution in [0, 0.1) is 5.92 Å². The molecule has 41 heavy (non-hydrogen) atoms. The maximum atomic E-state index is 12.8. The van der Waals surface area contributed by atoms with Gasteiger partial charge in [-0.3, -0.25) is 9.59 Å². The Morgan fingerprint density at radius 3 is 1.10 bits per heavy atom. The molecule has 0 rings (SSSR count). The van der Waals surface area contributed by atoms with Crippen molar-refractivity contribution in [2.45, 2.75) is 207 Å². The van der Waals surface area contributed by atoms with Crippen LogP contribution in [0.15, 0.2) is 0 Å². The molecule has 2 atom stereocenters. The lowest BCUT2D eigenvalue weighted by Crippen LogP contribution is -2.57. The lowest BCUT2D eigenvalue weighted by Gasteiger charge is -2.41. The van der Waals surface area contributed by atoms with Crippen LogP contribution >= 0.6 is 0 Å². The molecular formula is C35H69NO5. The molecule has 2 unspecified atom stereocenters. The highest BCUT2D eigenvalue weighted by molar-refractivity contribution is 5.72. The van der Waals surface area contributed by atoms with E-state index in [-0.39, 0.29) is 19.3 Å². The maximum Gasteiger partial charge on any atom is 0.309 e. The Hall–Kier alpha value is -1.14. The molecule has 0 aliphatic carbocycles. The van der Waals surface area contributed by atoms with Crippen molar-refractivity contribution in [1.29, 1.82) is 0 Å². The van der Waals surface area contributed by atoms with Crippen molar-refractivity contribution in [3.63, 3.8) is 0 Å². The molecule has 244 valence electrons. The lowest BCUT2D eigenvalue weighted by molar-refractivity contribution is -0.267. The SMILES string of the molecule is CCCCCCCCCCCCCC(=O)OC(CC)(OC(=O)CCCCCCCCCCCCC)C(C)C(C)(N)O. The van der Waals surface area contributed by atoms with Gasteiger partial charge >= 0.3 is 11.9 Å². The highest BCUT2D eigenvalue weighted by atomic mass is 16.7. The number of aliphatic hydroxyl groups is 1. The Balaban J connectivity index is 4.45. The molecule has 0 fully saturated rings. The number of carbonyl (C=O) groups is 2. The summed E-state index contributed by atoms with van der Waals surface area (Å²) in [5.74, 6) is -3.15. The van der Waals surface area contributed by atoms with Crippen molar-refractivity contribution in [3.05, 3.63) is 0 Å². The summed E-state index contributed by atoms with van der Waals surface area (Å²) in [4.78, 5) is 25.6. The minimum Gasteiger partial charge on any atom is -0.422 e. The highest BCUT2D eigenvalue weighted by Crippen LogP contribution is 2.34. The molecule has 3 N–H and O–H groups in total. The zero-order valence-electron chi connectivity index (χ0n) is 27.9. The van der Waals surface area contributed by atoms with Gasteiger partial charge in [0.2, 0.25) is 0 Å². The van der Waals surface area contributed by atoms with E-state index >= 15 is 0 Å². The van der Waals surface area contributed by atoms with Gasteiger partial charge in [-0.1, -0.05) is 156 Å². The molecule has 6 heteroatoms. The molecule has 0 heterocycles. The summed E-state index contributed by atoms with van der Waals surface area (Å²) in [6, 6.07) is 0. The number of ether oxygens (including phenoxy) is 2. The number of rotatable bonds is 29. The zero-order valence-corrected chi connectivity index (χ0v) is 27.9. The van der Waals surface area contributed by atoms with Gasteiger partial charge in [-0.2, -0.15) is 0 Å². The number of esters is 2. The third-order valence-electron chi connectivity index (χ3n) is 8.57. The standard InChI is InChI=1S/C35H69NO5/c1-6-9-11-13-15-17-19-21-23-25-27-29-32(37)40-35(8-3,31(4)34(5,36)39)41-33(38)30-28-26-24-22-20-18-16-14-12-10-7-2/h31,39H,6-30,36H2,1-5H3. The number of hydrogen-bond donors (Lipinski definition) is 2. The van der Waals surface area contributed by atoms with Crippen LogP contribution in [0.4, 0.5) is 0 Å². The van der Waals surface area contributed by atoms with Crippen molar-refractivity contribution in [2.24, 2.45) is 11.7 Å². The molecule has 0 bridgehead atoms. The fraction of sp³-hybridized carbons (Fsp3) is 0.943. The lowest BCUT2D eigenvalue weighted by atomic mass is 9.88. The van der Waals surface area contributed by atoms with Crippen LogP contribution in [0.2, 0.25) is 0 Å². The van der Waals surface area contributed by atoms with E-state index in [1.165, 1.54) is 110 Å². The molecule has 0 aromatic rings. The summed E-state index contributed by atoms with van der Waals surface area (Å²) in [5, 5.41) is 10.5. The van der Waals surface area contributed by atoms with Gasteiger partial charge in [-0.05, 0) is 19.8 Å². The van der Waals surface area contributed by atoms with Crippen LogP contribution < -0.4 is 5.73 Å². The van der Waals surface area contributed by atoms with Gasteiger partial charge in [0.1, 0.15) is 5.72 Å². The second-order valence-electron chi connectivity index (χ2n) is 12.6. The van der Waals surface area contributed by atoms with Crippen molar-refractivity contribution in [2.75, 3.05) is 0 Å². The quantitative estimate of drug-likeness (QED) is 0.0516. The molecule has 0 amide bonds. The minimum atomic E-state index is -1.66. The largest absolute Gasteiger partial charge is 0.422 e. The number of nitrogens with two attached hydrogens (primary N) is 1. The van der Waals surface area contributed by atoms with Crippen LogP contribution in [0.1, 0.15) is 195 Å². The van der Waals surface area contributed by atoms with Crippen LogP contribution in [-0.4, -0.2) is 28.6 Å². The van der Waals surface area contributed by atoms with E-state index in [2.05, 4.69) is 13.8 Å². The van der Waals surface area contributed by atoms with E-state index in [0.717, 1.165) is 38.5 Å². The predicted molar refractivity (Wildman–Crippen MR) is 171 cm³/mol. The minimum absolute atomic E-state index is 0.232.